The van der Waals surface area contributed by atoms with Crippen molar-refractivity contribution in [1.82, 2.24) is 0 Å². The zero-order chi connectivity index (χ0) is 21.2. The normalized spacial score (nSPS) is 46.2. The Morgan fingerprint density at radius 3 is 2.41 bits per heavy atom. The molecule has 29 heavy (non-hydrogen) atoms. The first-order valence-electron chi connectivity index (χ1n) is 12.7. The number of hydrogen-bond donors (Lipinski definition) is 1. The highest BCUT2D eigenvalue weighted by molar-refractivity contribution is 4.94. The molecule has 9 atom stereocenters. The Morgan fingerprint density at radius 2 is 1.76 bits per heavy atom. The third-order valence-electron chi connectivity index (χ3n) is 8.64. The highest BCUT2D eigenvalue weighted by Gasteiger charge is 2.45. The molecule has 0 spiro atoms. The Morgan fingerprint density at radius 1 is 1.00 bits per heavy atom. The molecule has 0 aromatic carbocycles. The lowest BCUT2D eigenvalue weighted by molar-refractivity contribution is -0.186. The maximum Gasteiger partial charge on any atom is 0.0656 e. The van der Waals surface area contributed by atoms with Crippen LogP contribution in [0.4, 0.5) is 0 Å². The van der Waals surface area contributed by atoms with Crippen LogP contribution in [0.3, 0.4) is 0 Å². The van der Waals surface area contributed by atoms with Gasteiger partial charge in [-0.3, -0.25) is 0 Å². The fourth-order valence-electron chi connectivity index (χ4n) is 6.95. The van der Waals surface area contributed by atoms with Crippen LogP contribution in [0.1, 0.15) is 99.3 Å². The molecule has 0 bridgehead atoms. The standard InChI is InChI=1S/C26H48O3/c1-7-9-19-10-11-23(24(27)17(3)14-19)21-15-20(8-2)25(28-16-21)22-12-13-26(5,6)29-18(22)4/h17-25,27H,7-16H2,1-6H3/t17?,18?,19?,20?,21?,22?,23?,24?,25-/m0/s1. The van der Waals surface area contributed by atoms with Gasteiger partial charge in [0.2, 0.25) is 0 Å². The maximum absolute atomic E-state index is 11.2. The van der Waals surface area contributed by atoms with E-state index in [2.05, 4.69) is 41.5 Å². The van der Waals surface area contributed by atoms with Crippen LogP contribution >= 0.6 is 0 Å². The average molecular weight is 409 g/mol. The molecule has 3 nitrogen and oxygen atoms in total. The van der Waals surface area contributed by atoms with Crippen molar-refractivity contribution >= 4 is 0 Å². The Balaban J connectivity index is 1.64. The van der Waals surface area contributed by atoms with E-state index in [-0.39, 0.29) is 17.8 Å². The van der Waals surface area contributed by atoms with Crippen LogP contribution in [-0.4, -0.2) is 35.6 Å². The summed E-state index contributed by atoms with van der Waals surface area (Å²) in [5.41, 5.74) is 0.00442. The fourth-order valence-corrected chi connectivity index (χ4v) is 6.95. The first-order chi connectivity index (χ1) is 13.8. The third-order valence-corrected chi connectivity index (χ3v) is 8.64. The molecular formula is C26H48O3. The summed E-state index contributed by atoms with van der Waals surface area (Å²) in [4.78, 5) is 0. The van der Waals surface area contributed by atoms with E-state index in [1.165, 1.54) is 51.4 Å². The van der Waals surface area contributed by atoms with Crippen molar-refractivity contribution in [2.45, 2.75) is 123 Å². The van der Waals surface area contributed by atoms with Gasteiger partial charge in [0.15, 0.2) is 0 Å². The summed E-state index contributed by atoms with van der Waals surface area (Å²) in [6.07, 6.45) is 11.4. The molecule has 0 radical (unpaired) electrons. The summed E-state index contributed by atoms with van der Waals surface area (Å²) in [7, 11) is 0. The minimum atomic E-state index is -0.155. The first-order valence-corrected chi connectivity index (χ1v) is 12.7. The van der Waals surface area contributed by atoms with Crippen molar-refractivity contribution in [2.75, 3.05) is 6.61 Å². The van der Waals surface area contributed by atoms with E-state index in [1.807, 2.05) is 0 Å². The molecule has 3 fully saturated rings. The van der Waals surface area contributed by atoms with E-state index < -0.39 is 0 Å². The molecular weight excluding hydrogens is 360 g/mol. The van der Waals surface area contributed by atoms with Crippen LogP contribution in [0.25, 0.3) is 0 Å². The predicted octanol–water partition coefficient (Wildman–Crippen LogP) is 6.22. The quantitative estimate of drug-likeness (QED) is 0.548. The van der Waals surface area contributed by atoms with Crippen molar-refractivity contribution in [1.29, 1.82) is 0 Å². The predicted molar refractivity (Wildman–Crippen MR) is 120 cm³/mol. The van der Waals surface area contributed by atoms with Crippen molar-refractivity contribution in [2.24, 2.45) is 35.5 Å². The van der Waals surface area contributed by atoms with Gasteiger partial charge in [0.25, 0.3) is 0 Å². The van der Waals surface area contributed by atoms with Crippen molar-refractivity contribution in [3.05, 3.63) is 0 Å². The monoisotopic (exact) mass is 408 g/mol. The van der Waals surface area contributed by atoms with Gasteiger partial charge in [0.1, 0.15) is 0 Å². The summed E-state index contributed by atoms with van der Waals surface area (Å²) in [6, 6.07) is 0. The van der Waals surface area contributed by atoms with Crippen molar-refractivity contribution in [3.8, 4) is 0 Å². The van der Waals surface area contributed by atoms with Crippen LogP contribution in [-0.2, 0) is 9.47 Å². The summed E-state index contributed by atoms with van der Waals surface area (Å²) in [5, 5.41) is 11.2. The summed E-state index contributed by atoms with van der Waals surface area (Å²) < 4.78 is 13.0. The van der Waals surface area contributed by atoms with Crippen LogP contribution in [0.15, 0.2) is 0 Å². The van der Waals surface area contributed by atoms with E-state index in [0.717, 1.165) is 18.9 Å². The van der Waals surface area contributed by atoms with E-state index in [1.54, 1.807) is 0 Å². The number of rotatable bonds is 5. The Bertz CT molecular complexity index is 504. The van der Waals surface area contributed by atoms with Crippen molar-refractivity contribution < 1.29 is 14.6 Å². The molecule has 3 heteroatoms. The summed E-state index contributed by atoms with van der Waals surface area (Å²) >= 11 is 0. The second kappa shape index (κ2) is 10.0. The number of aliphatic hydroxyl groups excluding tert-OH is 1. The second-order valence-electron chi connectivity index (χ2n) is 11.3. The zero-order valence-corrected chi connectivity index (χ0v) is 20.0. The SMILES string of the molecule is CCCC1CCC(C2CO[C@H](C3CCC(C)(C)OC3C)C(CC)C2)C(O)C(C)C1. The van der Waals surface area contributed by atoms with Gasteiger partial charge in [0.05, 0.1) is 30.5 Å². The lowest BCUT2D eigenvalue weighted by Gasteiger charge is -2.48. The van der Waals surface area contributed by atoms with Crippen LogP contribution in [0, 0.1) is 35.5 Å². The first kappa shape index (κ1) is 23.5. The van der Waals surface area contributed by atoms with Crippen LogP contribution in [0.2, 0.25) is 0 Å². The molecule has 0 amide bonds. The maximum atomic E-state index is 11.2. The molecule has 0 aromatic rings. The Kier molecular flexibility index (Phi) is 8.12. The molecule has 0 aromatic heterocycles. The molecule has 170 valence electrons. The van der Waals surface area contributed by atoms with E-state index in [4.69, 9.17) is 9.47 Å². The smallest absolute Gasteiger partial charge is 0.0656 e. The van der Waals surface area contributed by atoms with Gasteiger partial charge in [-0.15, -0.1) is 0 Å². The van der Waals surface area contributed by atoms with E-state index >= 15 is 0 Å². The van der Waals surface area contributed by atoms with Gasteiger partial charge in [-0.1, -0.05) is 46.5 Å². The second-order valence-corrected chi connectivity index (χ2v) is 11.3. The van der Waals surface area contributed by atoms with Gasteiger partial charge >= 0.3 is 0 Å². The minimum Gasteiger partial charge on any atom is -0.393 e. The number of hydrogen-bond acceptors (Lipinski definition) is 3. The average Bonchev–Trinajstić information content (AvgIpc) is 2.80. The fraction of sp³-hybridized carbons (Fsp3) is 1.00. The van der Waals surface area contributed by atoms with Gasteiger partial charge < -0.3 is 14.6 Å². The highest BCUT2D eigenvalue weighted by Crippen LogP contribution is 2.45. The molecule has 2 aliphatic heterocycles. The number of aliphatic hydroxyl groups is 1. The van der Waals surface area contributed by atoms with Gasteiger partial charge in [0, 0.05) is 5.92 Å². The van der Waals surface area contributed by atoms with Crippen LogP contribution < -0.4 is 0 Å². The lowest BCUT2D eigenvalue weighted by atomic mass is 9.70. The molecule has 3 aliphatic rings. The Hall–Kier alpha value is -0.120. The van der Waals surface area contributed by atoms with Gasteiger partial charge in [-0.2, -0.15) is 0 Å². The van der Waals surface area contributed by atoms with Crippen LogP contribution in [0.5, 0.6) is 0 Å². The molecule has 8 unspecified atom stereocenters. The lowest BCUT2D eigenvalue weighted by Crippen LogP contribution is -2.50. The zero-order valence-electron chi connectivity index (χ0n) is 20.0. The largest absolute Gasteiger partial charge is 0.393 e. The number of ether oxygens (including phenoxy) is 2. The van der Waals surface area contributed by atoms with Gasteiger partial charge in [-0.25, -0.2) is 0 Å². The third kappa shape index (κ3) is 5.57. The highest BCUT2D eigenvalue weighted by atomic mass is 16.5. The molecule has 2 heterocycles. The molecule has 1 saturated carbocycles. The van der Waals surface area contributed by atoms with Crippen molar-refractivity contribution in [3.63, 3.8) is 0 Å². The van der Waals surface area contributed by atoms with Gasteiger partial charge in [-0.05, 0) is 82.5 Å². The van der Waals surface area contributed by atoms with E-state index in [0.29, 0.717) is 35.7 Å². The molecule has 3 rings (SSSR count). The molecule has 1 aliphatic carbocycles. The Labute approximate surface area is 180 Å². The van der Waals surface area contributed by atoms with E-state index in [9.17, 15) is 5.11 Å². The summed E-state index contributed by atoms with van der Waals surface area (Å²) in [6.45, 7) is 14.4. The topological polar surface area (TPSA) is 38.7 Å². The minimum absolute atomic E-state index is 0.00442. The molecule has 1 N–H and O–H groups in total. The summed E-state index contributed by atoms with van der Waals surface area (Å²) in [5.74, 6) is 3.28. The molecule has 2 saturated heterocycles.